The highest BCUT2D eigenvalue weighted by atomic mass is 16.1. The number of carbonyl (C=O) groups excluding carboxylic acids is 1. The average molecular weight is 188 g/mol. The van der Waals surface area contributed by atoms with E-state index >= 15 is 0 Å². The molecule has 1 aromatic rings. The second kappa shape index (κ2) is 4.93. The number of hydrogen-bond acceptors (Lipinski definition) is 2. The molecule has 0 aliphatic carbocycles. The maximum atomic E-state index is 11.3. The predicted octanol–water partition coefficient (Wildman–Crippen LogP) is 1.62. The molecule has 72 valence electrons. The molecule has 1 rings (SSSR count). The summed E-state index contributed by atoms with van der Waals surface area (Å²) in [5.74, 6) is 2.30. The Bertz CT molecular complexity index is 366. The second-order valence-corrected chi connectivity index (χ2v) is 2.84. The second-order valence-electron chi connectivity index (χ2n) is 2.84. The van der Waals surface area contributed by atoms with Crippen LogP contribution in [-0.2, 0) is 4.79 Å². The van der Waals surface area contributed by atoms with Crippen LogP contribution in [0.1, 0.15) is 12.8 Å². The molecule has 0 fully saturated rings. The summed E-state index contributed by atoms with van der Waals surface area (Å²) in [5, 5.41) is 2.69. The van der Waals surface area contributed by atoms with Crippen molar-refractivity contribution in [3.63, 3.8) is 0 Å². The Morgan fingerprint density at radius 3 is 2.86 bits per heavy atom. The van der Waals surface area contributed by atoms with Crippen LogP contribution < -0.4 is 11.1 Å². The summed E-state index contributed by atoms with van der Waals surface area (Å²) in [6.07, 6.45) is 5.81. The van der Waals surface area contributed by atoms with Gasteiger partial charge in [-0.3, -0.25) is 4.79 Å². The van der Waals surface area contributed by atoms with Crippen LogP contribution in [0.15, 0.2) is 24.3 Å². The molecule has 0 aliphatic heterocycles. The quantitative estimate of drug-likeness (QED) is 0.559. The van der Waals surface area contributed by atoms with E-state index in [4.69, 9.17) is 12.2 Å². The Morgan fingerprint density at radius 1 is 1.50 bits per heavy atom. The summed E-state index contributed by atoms with van der Waals surface area (Å²) >= 11 is 0. The van der Waals surface area contributed by atoms with Gasteiger partial charge in [-0.2, -0.15) is 0 Å². The first-order valence-electron chi connectivity index (χ1n) is 4.32. The van der Waals surface area contributed by atoms with Gasteiger partial charge in [-0.15, -0.1) is 12.3 Å². The van der Waals surface area contributed by atoms with Crippen molar-refractivity contribution >= 4 is 17.3 Å². The zero-order chi connectivity index (χ0) is 10.4. The van der Waals surface area contributed by atoms with Crippen LogP contribution in [0.4, 0.5) is 11.4 Å². The minimum Gasteiger partial charge on any atom is -0.397 e. The zero-order valence-electron chi connectivity index (χ0n) is 7.79. The highest BCUT2D eigenvalue weighted by Crippen LogP contribution is 2.16. The summed E-state index contributed by atoms with van der Waals surface area (Å²) in [7, 11) is 0. The summed E-state index contributed by atoms with van der Waals surface area (Å²) in [6.45, 7) is 0. The van der Waals surface area contributed by atoms with Crippen molar-refractivity contribution in [2.45, 2.75) is 12.8 Å². The lowest BCUT2D eigenvalue weighted by Gasteiger charge is -2.06. The van der Waals surface area contributed by atoms with Crippen molar-refractivity contribution in [1.82, 2.24) is 0 Å². The van der Waals surface area contributed by atoms with E-state index < -0.39 is 0 Å². The van der Waals surface area contributed by atoms with Gasteiger partial charge >= 0.3 is 0 Å². The largest absolute Gasteiger partial charge is 0.397 e. The number of anilines is 2. The van der Waals surface area contributed by atoms with Crippen molar-refractivity contribution in [3.8, 4) is 12.3 Å². The average Bonchev–Trinajstić information content (AvgIpc) is 2.18. The van der Waals surface area contributed by atoms with Crippen molar-refractivity contribution in [2.24, 2.45) is 0 Å². The Morgan fingerprint density at radius 2 is 2.21 bits per heavy atom. The van der Waals surface area contributed by atoms with Crippen molar-refractivity contribution in [1.29, 1.82) is 0 Å². The van der Waals surface area contributed by atoms with Gasteiger partial charge in [-0.25, -0.2) is 0 Å². The molecule has 0 aliphatic rings. The minimum atomic E-state index is -0.110. The Hall–Kier alpha value is -1.95. The van der Waals surface area contributed by atoms with Gasteiger partial charge in [0.1, 0.15) is 0 Å². The summed E-state index contributed by atoms with van der Waals surface area (Å²) in [5.41, 5.74) is 6.83. The number of hydrogen-bond donors (Lipinski definition) is 2. The molecule has 0 atom stereocenters. The highest BCUT2D eigenvalue weighted by Gasteiger charge is 2.02. The molecular weight excluding hydrogens is 176 g/mol. The van der Waals surface area contributed by atoms with E-state index in [1.807, 2.05) is 12.1 Å². The molecule has 0 saturated carbocycles. The number of para-hydroxylation sites is 2. The van der Waals surface area contributed by atoms with Crippen molar-refractivity contribution in [3.05, 3.63) is 24.3 Å². The molecule has 0 radical (unpaired) electrons. The molecular formula is C11H12N2O. The summed E-state index contributed by atoms with van der Waals surface area (Å²) in [4.78, 5) is 11.3. The Labute approximate surface area is 83.3 Å². The molecule has 0 heterocycles. The zero-order valence-corrected chi connectivity index (χ0v) is 7.79. The third-order valence-electron chi connectivity index (χ3n) is 1.73. The predicted molar refractivity (Wildman–Crippen MR) is 57.6 cm³/mol. The number of benzene rings is 1. The van der Waals surface area contributed by atoms with Gasteiger partial charge in [0.2, 0.25) is 5.91 Å². The standard InChI is InChI=1S/C11H12N2O/c1-2-3-8-11(14)13-10-7-5-4-6-9(10)12/h1,4-7H,3,8,12H2,(H,13,14). The minimum absolute atomic E-state index is 0.110. The lowest BCUT2D eigenvalue weighted by molar-refractivity contribution is -0.116. The molecule has 0 unspecified atom stereocenters. The normalized spacial score (nSPS) is 9.07. The molecule has 3 heteroatoms. The fourth-order valence-electron chi connectivity index (χ4n) is 1.01. The molecule has 14 heavy (non-hydrogen) atoms. The first-order chi connectivity index (χ1) is 6.74. The molecule has 3 N–H and O–H groups in total. The van der Waals surface area contributed by atoms with E-state index in [2.05, 4.69) is 11.2 Å². The smallest absolute Gasteiger partial charge is 0.225 e. The van der Waals surface area contributed by atoms with Gasteiger partial charge in [0, 0.05) is 12.8 Å². The maximum absolute atomic E-state index is 11.3. The number of nitrogen functional groups attached to an aromatic ring is 1. The third kappa shape index (κ3) is 2.83. The first-order valence-corrected chi connectivity index (χ1v) is 4.32. The SMILES string of the molecule is C#CCCC(=O)Nc1ccccc1N. The van der Waals surface area contributed by atoms with Gasteiger partial charge in [0.25, 0.3) is 0 Å². The van der Waals surface area contributed by atoms with E-state index in [0.717, 1.165) is 0 Å². The Kier molecular flexibility index (Phi) is 3.57. The summed E-state index contributed by atoms with van der Waals surface area (Å²) < 4.78 is 0. The molecule has 0 bridgehead atoms. The number of rotatable bonds is 3. The third-order valence-corrected chi connectivity index (χ3v) is 1.73. The molecule has 0 spiro atoms. The fourth-order valence-corrected chi connectivity index (χ4v) is 1.01. The fraction of sp³-hybridized carbons (Fsp3) is 0.182. The van der Waals surface area contributed by atoms with Gasteiger partial charge in [-0.05, 0) is 12.1 Å². The molecule has 1 aromatic carbocycles. The van der Waals surface area contributed by atoms with Gasteiger partial charge in [-0.1, -0.05) is 12.1 Å². The monoisotopic (exact) mass is 188 g/mol. The van der Waals surface area contributed by atoms with E-state index in [0.29, 0.717) is 24.2 Å². The first kappa shape index (κ1) is 10.1. The van der Waals surface area contributed by atoms with Crippen molar-refractivity contribution in [2.75, 3.05) is 11.1 Å². The highest BCUT2D eigenvalue weighted by molar-refractivity contribution is 5.93. The number of carbonyl (C=O) groups is 1. The van der Waals surface area contributed by atoms with Crippen LogP contribution in [0, 0.1) is 12.3 Å². The van der Waals surface area contributed by atoms with E-state index in [9.17, 15) is 4.79 Å². The van der Waals surface area contributed by atoms with Crippen LogP contribution in [-0.4, -0.2) is 5.91 Å². The maximum Gasteiger partial charge on any atom is 0.225 e. The van der Waals surface area contributed by atoms with Crippen molar-refractivity contribution < 1.29 is 4.79 Å². The van der Waals surface area contributed by atoms with Crippen LogP contribution >= 0.6 is 0 Å². The van der Waals surface area contributed by atoms with Crippen LogP contribution in [0.25, 0.3) is 0 Å². The number of nitrogens with two attached hydrogens (primary N) is 1. The number of terminal acetylenes is 1. The molecule has 0 aromatic heterocycles. The molecule has 0 saturated heterocycles. The molecule has 3 nitrogen and oxygen atoms in total. The Balaban J connectivity index is 2.57. The van der Waals surface area contributed by atoms with E-state index in [1.165, 1.54) is 0 Å². The lowest BCUT2D eigenvalue weighted by Crippen LogP contribution is -2.12. The lowest BCUT2D eigenvalue weighted by atomic mass is 10.2. The van der Waals surface area contributed by atoms with E-state index in [-0.39, 0.29) is 5.91 Å². The van der Waals surface area contributed by atoms with E-state index in [1.54, 1.807) is 12.1 Å². The van der Waals surface area contributed by atoms with Crippen LogP contribution in [0.2, 0.25) is 0 Å². The van der Waals surface area contributed by atoms with Gasteiger partial charge in [0.15, 0.2) is 0 Å². The summed E-state index contributed by atoms with van der Waals surface area (Å²) in [6, 6.07) is 7.11. The van der Waals surface area contributed by atoms with Crippen LogP contribution in [0.5, 0.6) is 0 Å². The number of amides is 1. The topological polar surface area (TPSA) is 55.1 Å². The molecule has 1 amide bonds. The van der Waals surface area contributed by atoms with Crippen LogP contribution in [0.3, 0.4) is 0 Å². The van der Waals surface area contributed by atoms with Gasteiger partial charge < -0.3 is 11.1 Å². The number of nitrogens with one attached hydrogen (secondary N) is 1. The van der Waals surface area contributed by atoms with Gasteiger partial charge in [0.05, 0.1) is 11.4 Å².